The minimum atomic E-state index is -0.694. The lowest BCUT2D eigenvalue weighted by Gasteiger charge is -2.34. The predicted octanol–water partition coefficient (Wildman–Crippen LogP) is 6.06. The number of hydrogen-bond donors (Lipinski definition) is 1. The largest absolute Gasteiger partial charge is 0.510 e. The van der Waals surface area contributed by atoms with E-state index in [1.807, 2.05) is 0 Å². The third-order valence-corrected chi connectivity index (χ3v) is 4.89. The smallest absolute Gasteiger partial charge is 0.435 e. The number of carbonyl (C=O) groups is 1. The molecule has 3 rings (SSSR count). The van der Waals surface area contributed by atoms with E-state index in [0.29, 0.717) is 16.5 Å². The normalized spacial score (nSPS) is 18.7. The van der Waals surface area contributed by atoms with Gasteiger partial charge in [0.2, 0.25) is 0 Å². The zero-order valence-electron chi connectivity index (χ0n) is 14.9. The van der Waals surface area contributed by atoms with Crippen molar-refractivity contribution >= 4 is 35.0 Å². The lowest BCUT2D eigenvalue weighted by Crippen LogP contribution is -2.33. The number of hydrogen-bond acceptors (Lipinski definition) is 4. The number of fused-ring (bicyclic) bond motifs is 1. The fourth-order valence-electron chi connectivity index (χ4n) is 3.48. The van der Waals surface area contributed by atoms with E-state index in [1.54, 1.807) is 19.1 Å². The highest BCUT2D eigenvalue weighted by Crippen LogP contribution is 2.44. The fraction of sp³-hybridized carbons (Fsp3) is 0.350. The topological polar surface area (TPSA) is 47.6 Å². The number of carbonyl (C=O) groups excluding carboxylic acids is 1. The molecule has 138 valence electrons. The third-order valence-electron chi connectivity index (χ3n) is 4.36. The Hall–Kier alpha value is -1.91. The Morgan fingerprint density at radius 1 is 1.15 bits per heavy atom. The van der Waals surface area contributed by atoms with Crippen LogP contribution in [0, 0.1) is 13.8 Å². The Bertz CT molecular complexity index is 818. The number of rotatable bonds is 3. The molecule has 2 aromatic carbocycles. The van der Waals surface area contributed by atoms with Crippen LogP contribution >= 0.6 is 23.2 Å². The monoisotopic (exact) mass is 393 g/mol. The molecule has 0 amide bonds. The van der Waals surface area contributed by atoms with Gasteiger partial charge in [0.05, 0.1) is 6.61 Å². The summed E-state index contributed by atoms with van der Waals surface area (Å²) in [5, 5.41) is 4.33. The maximum atomic E-state index is 11.8. The van der Waals surface area contributed by atoms with Crippen LogP contribution in [0.2, 0.25) is 10.0 Å². The third kappa shape index (κ3) is 4.08. The van der Waals surface area contributed by atoms with Gasteiger partial charge in [0.25, 0.3) is 0 Å². The van der Waals surface area contributed by atoms with Crippen LogP contribution in [0.3, 0.4) is 0 Å². The SMILES string of the molecule is CCOC(=O)OC1CC(c2cc(C)cc(C)c2)c2c(Cl)cc(Cl)cc2N1. The summed E-state index contributed by atoms with van der Waals surface area (Å²) in [6.45, 7) is 6.13. The van der Waals surface area contributed by atoms with Gasteiger partial charge in [0.15, 0.2) is 6.23 Å². The standard InChI is InChI=1S/C20H21Cl2NO3/c1-4-25-20(24)26-18-10-15(13-6-11(2)5-12(3)7-13)19-16(22)8-14(21)9-17(19)23-18/h5-9,15,18,23H,4,10H2,1-3H3. The quantitative estimate of drug-likeness (QED) is 0.643. The van der Waals surface area contributed by atoms with E-state index in [-0.39, 0.29) is 12.5 Å². The van der Waals surface area contributed by atoms with Crippen molar-refractivity contribution in [1.29, 1.82) is 0 Å². The number of ether oxygens (including phenoxy) is 2. The van der Waals surface area contributed by atoms with Gasteiger partial charge in [-0.05, 0) is 38.5 Å². The van der Waals surface area contributed by atoms with E-state index in [4.69, 9.17) is 32.7 Å². The molecule has 1 aliphatic rings. The summed E-state index contributed by atoms with van der Waals surface area (Å²) < 4.78 is 10.3. The van der Waals surface area contributed by atoms with Gasteiger partial charge in [-0.15, -0.1) is 0 Å². The van der Waals surface area contributed by atoms with Crippen molar-refractivity contribution in [3.8, 4) is 0 Å². The molecule has 26 heavy (non-hydrogen) atoms. The first-order valence-electron chi connectivity index (χ1n) is 8.54. The molecule has 1 heterocycles. The van der Waals surface area contributed by atoms with Gasteiger partial charge in [-0.2, -0.15) is 0 Å². The first-order valence-corrected chi connectivity index (χ1v) is 9.30. The molecule has 0 radical (unpaired) electrons. The molecule has 0 aliphatic carbocycles. The summed E-state index contributed by atoms with van der Waals surface area (Å²) >= 11 is 12.7. The summed E-state index contributed by atoms with van der Waals surface area (Å²) in [7, 11) is 0. The lowest BCUT2D eigenvalue weighted by atomic mass is 9.83. The van der Waals surface area contributed by atoms with Crippen molar-refractivity contribution in [2.45, 2.75) is 39.3 Å². The van der Waals surface area contributed by atoms with E-state index in [1.165, 1.54) is 11.1 Å². The highest BCUT2D eigenvalue weighted by molar-refractivity contribution is 6.35. The molecule has 0 bridgehead atoms. The van der Waals surface area contributed by atoms with E-state index in [0.717, 1.165) is 16.8 Å². The lowest BCUT2D eigenvalue weighted by molar-refractivity contribution is 0.0301. The van der Waals surface area contributed by atoms with E-state index in [2.05, 4.69) is 37.4 Å². The maximum absolute atomic E-state index is 11.8. The van der Waals surface area contributed by atoms with Gasteiger partial charge in [0.1, 0.15) is 0 Å². The van der Waals surface area contributed by atoms with Crippen LogP contribution in [0.25, 0.3) is 0 Å². The van der Waals surface area contributed by atoms with Gasteiger partial charge in [-0.25, -0.2) is 4.79 Å². The second-order valence-corrected chi connectivity index (χ2v) is 7.34. The van der Waals surface area contributed by atoms with Crippen molar-refractivity contribution in [2.75, 3.05) is 11.9 Å². The molecule has 1 N–H and O–H groups in total. The Balaban J connectivity index is 2.03. The van der Waals surface area contributed by atoms with Crippen LogP contribution < -0.4 is 5.32 Å². The van der Waals surface area contributed by atoms with E-state index >= 15 is 0 Å². The summed E-state index contributed by atoms with van der Waals surface area (Å²) in [6, 6.07) is 9.95. The Labute approximate surface area is 163 Å². The van der Waals surface area contributed by atoms with Crippen molar-refractivity contribution in [2.24, 2.45) is 0 Å². The molecular formula is C20H21Cl2NO3. The Morgan fingerprint density at radius 3 is 2.50 bits per heavy atom. The molecule has 2 aromatic rings. The van der Waals surface area contributed by atoms with Crippen LogP contribution in [0.15, 0.2) is 30.3 Å². The van der Waals surface area contributed by atoms with Crippen molar-refractivity contribution < 1.29 is 14.3 Å². The van der Waals surface area contributed by atoms with Crippen LogP contribution in [-0.4, -0.2) is 19.0 Å². The van der Waals surface area contributed by atoms with Crippen molar-refractivity contribution in [3.05, 3.63) is 62.6 Å². The van der Waals surface area contributed by atoms with Crippen molar-refractivity contribution in [3.63, 3.8) is 0 Å². The minimum absolute atomic E-state index is 0.0194. The number of anilines is 1. The molecule has 2 unspecified atom stereocenters. The second kappa shape index (κ2) is 7.77. The van der Waals surface area contributed by atoms with Gasteiger partial charge < -0.3 is 14.8 Å². The first kappa shape index (κ1) is 18.9. The molecule has 6 heteroatoms. The zero-order chi connectivity index (χ0) is 18.8. The van der Waals surface area contributed by atoms with E-state index in [9.17, 15) is 4.79 Å². The van der Waals surface area contributed by atoms with Crippen LogP contribution in [0.4, 0.5) is 10.5 Å². The zero-order valence-corrected chi connectivity index (χ0v) is 16.4. The summed E-state index contributed by atoms with van der Waals surface area (Å²) in [5.74, 6) is -0.0194. The Morgan fingerprint density at radius 2 is 1.85 bits per heavy atom. The number of nitrogens with one attached hydrogen (secondary N) is 1. The van der Waals surface area contributed by atoms with Gasteiger partial charge in [-0.1, -0.05) is 52.5 Å². The number of halogens is 2. The molecule has 0 spiro atoms. The van der Waals surface area contributed by atoms with Gasteiger partial charge in [0, 0.05) is 33.6 Å². The maximum Gasteiger partial charge on any atom is 0.510 e. The molecule has 0 saturated carbocycles. The molecule has 4 nitrogen and oxygen atoms in total. The van der Waals surface area contributed by atoms with Crippen LogP contribution in [0.5, 0.6) is 0 Å². The van der Waals surface area contributed by atoms with Gasteiger partial charge >= 0.3 is 6.16 Å². The predicted molar refractivity (Wildman–Crippen MR) is 104 cm³/mol. The molecule has 2 atom stereocenters. The average molecular weight is 394 g/mol. The molecule has 1 aliphatic heterocycles. The Kier molecular flexibility index (Phi) is 5.64. The van der Waals surface area contributed by atoms with Crippen LogP contribution in [-0.2, 0) is 9.47 Å². The van der Waals surface area contributed by atoms with Crippen LogP contribution in [0.1, 0.15) is 41.5 Å². The fourth-order valence-corrected chi connectivity index (χ4v) is 4.11. The van der Waals surface area contributed by atoms with Gasteiger partial charge in [-0.3, -0.25) is 0 Å². The second-order valence-electron chi connectivity index (χ2n) is 6.49. The molecule has 0 aromatic heterocycles. The van der Waals surface area contributed by atoms with E-state index < -0.39 is 12.4 Å². The summed E-state index contributed by atoms with van der Waals surface area (Å²) in [5.41, 5.74) is 5.21. The number of benzene rings is 2. The highest BCUT2D eigenvalue weighted by atomic mass is 35.5. The molecule has 0 saturated heterocycles. The minimum Gasteiger partial charge on any atom is -0.435 e. The first-order chi connectivity index (χ1) is 12.4. The van der Waals surface area contributed by atoms with Crippen molar-refractivity contribution in [1.82, 2.24) is 0 Å². The molecular weight excluding hydrogens is 373 g/mol. The summed E-state index contributed by atoms with van der Waals surface area (Å²) in [4.78, 5) is 11.8. The number of aryl methyl sites for hydroxylation is 2. The average Bonchev–Trinajstić information content (AvgIpc) is 2.52. The highest BCUT2D eigenvalue weighted by Gasteiger charge is 2.32. The summed E-state index contributed by atoms with van der Waals surface area (Å²) in [6.07, 6.45) is -0.668. The molecule has 0 fully saturated rings.